The number of carboxylic acid groups (broad SMARTS) is 1. The van der Waals surface area contributed by atoms with E-state index in [4.69, 9.17) is 16.7 Å². The predicted octanol–water partition coefficient (Wildman–Crippen LogP) is 1.11. The summed E-state index contributed by atoms with van der Waals surface area (Å²) in [5, 5.41) is 11.2. The maximum absolute atomic E-state index is 11.6. The van der Waals surface area contributed by atoms with Crippen LogP contribution in [0.15, 0.2) is 24.3 Å². The summed E-state index contributed by atoms with van der Waals surface area (Å²) in [4.78, 5) is 34.6. The number of amides is 2. The summed E-state index contributed by atoms with van der Waals surface area (Å²) < 4.78 is 4.28. The van der Waals surface area contributed by atoms with Crippen LogP contribution in [0.4, 0.5) is 10.5 Å². The fourth-order valence-corrected chi connectivity index (χ4v) is 1.64. The Kier molecular flexibility index (Phi) is 5.79. The maximum atomic E-state index is 11.6. The molecule has 2 amide bonds. The molecular weight excluding hydrogens is 288 g/mol. The molecule has 8 heteroatoms. The normalized spacial score (nSPS) is 9.70. The summed E-state index contributed by atoms with van der Waals surface area (Å²) in [5.74, 6) is -1.80. The van der Waals surface area contributed by atoms with Gasteiger partial charge in [-0.2, -0.15) is 0 Å². The minimum Gasteiger partial charge on any atom is -0.480 e. The van der Waals surface area contributed by atoms with Crippen molar-refractivity contribution in [1.29, 1.82) is 0 Å². The first-order valence-corrected chi connectivity index (χ1v) is 5.90. The number of nitrogens with one attached hydrogen (secondary N) is 1. The van der Waals surface area contributed by atoms with E-state index in [1.165, 1.54) is 11.0 Å². The molecule has 0 heterocycles. The summed E-state index contributed by atoms with van der Waals surface area (Å²) in [5.41, 5.74) is 0.458. The molecule has 0 radical (unpaired) electrons. The fraction of sp³-hybridized carbons (Fsp3) is 0.250. The molecule has 1 rings (SSSR count). The van der Waals surface area contributed by atoms with E-state index in [-0.39, 0.29) is 6.54 Å². The van der Waals surface area contributed by atoms with E-state index in [1.54, 1.807) is 18.2 Å². The number of hydrogen-bond donors (Lipinski definition) is 2. The minimum atomic E-state index is -1.11. The van der Waals surface area contributed by atoms with E-state index >= 15 is 0 Å². The second kappa shape index (κ2) is 7.34. The number of hydrogen-bond acceptors (Lipinski definition) is 5. The van der Waals surface area contributed by atoms with Crippen molar-refractivity contribution in [3.8, 4) is 0 Å². The van der Waals surface area contributed by atoms with Gasteiger partial charge in [-0.3, -0.25) is 14.9 Å². The Hall–Kier alpha value is -2.28. The molecule has 0 saturated heterocycles. The zero-order valence-corrected chi connectivity index (χ0v) is 11.4. The van der Waals surface area contributed by atoms with Crippen molar-refractivity contribution < 1.29 is 24.2 Å². The maximum Gasteiger partial charge on any atom is 0.413 e. The average Bonchev–Trinajstić information content (AvgIpc) is 2.37. The van der Waals surface area contributed by atoms with Gasteiger partial charge in [0, 0.05) is 10.7 Å². The molecule has 0 saturated carbocycles. The second-order valence-corrected chi connectivity index (χ2v) is 4.21. The largest absolute Gasteiger partial charge is 0.480 e. The summed E-state index contributed by atoms with van der Waals surface area (Å²) in [6.45, 7) is -0.726. The highest BCUT2D eigenvalue weighted by Crippen LogP contribution is 2.19. The summed E-state index contributed by atoms with van der Waals surface area (Å²) >= 11 is 5.82. The number of anilines is 1. The Morgan fingerprint density at radius 1 is 1.35 bits per heavy atom. The highest BCUT2D eigenvalue weighted by atomic mass is 35.5. The quantitative estimate of drug-likeness (QED) is 0.846. The first kappa shape index (κ1) is 15.8. The van der Waals surface area contributed by atoms with Crippen LogP contribution in [0.2, 0.25) is 5.02 Å². The molecule has 20 heavy (non-hydrogen) atoms. The third-order valence-corrected chi connectivity index (χ3v) is 2.50. The summed E-state index contributed by atoms with van der Waals surface area (Å²) in [7, 11) is 1.12. The number of methoxy groups -OCH3 is 1. The zero-order valence-electron chi connectivity index (χ0n) is 10.6. The van der Waals surface area contributed by atoms with E-state index in [9.17, 15) is 14.4 Å². The minimum absolute atomic E-state index is 0.318. The first-order chi connectivity index (χ1) is 9.42. The Bertz CT molecular complexity index is 520. The van der Waals surface area contributed by atoms with Gasteiger partial charge >= 0.3 is 12.1 Å². The molecule has 0 bridgehead atoms. The number of rotatable bonds is 5. The van der Waals surface area contributed by atoms with Gasteiger partial charge in [-0.1, -0.05) is 17.7 Å². The van der Waals surface area contributed by atoms with E-state index < -0.39 is 24.5 Å². The molecule has 2 N–H and O–H groups in total. The Labute approximate surface area is 120 Å². The molecule has 0 atom stereocenters. The molecule has 0 spiro atoms. The Morgan fingerprint density at radius 2 is 2.05 bits per heavy atom. The molecule has 7 nitrogen and oxygen atoms in total. The molecule has 0 aliphatic carbocycles. The second-order valence-electron chi connectivity index (χ2n) is 3.77. The first-order valence-electron chi connectivity index (χ1n) is 5.52. The summed E-state index contributed by atoms with van der Waals surface area (Å²) in [6, 6.07) is 6.39. The highest BCUT2D eigenvalue weighted by molar-refractivity contribution is 6.30. The predicted molar refractivity (Wildman–Crippen MR) is 71.8 cm³/mol. The lowest BCUT2D eigenvalue weighted by atomic mass is 10.2. The molecule has 1 aromatic rings. The third-order valence-electron chi connectivity index (χ3n) is 2.26. The zero-order chi connectivity index (χ0) is 15.1. The number of ether oxygens (including phenoxy) is 1. The number of carbonyl (C=O) groups excluding carboxylic acids is 2. The van der Waals surface area contributed by atoms with Crippen molar-refractivity contribution in [2.75, 3.05) is 25.1 Å². The Morgan fingerprint density at radius 3 is 2.60 bits per heavy atom. The molecule has 0 aromatic heterocycles. The van der Waals surface area contributed by atoms with Crippen LogP contribution < -0.4 is 10.2 Å². The van der Waals surface area contributed by atoms with Crippen LogP contribution in [-0.4, -0.2) is 43.3 Å². The van der Waals surface area contributed by atoms with Gasteiger partial charge in [-0.05, 0) is 18.2 Å². The standard InChI is InChI=1S/C12H13ClN2O5/c1-20-12(19)14-10(16)6-15(7-11(17)18)9-4-2-3-8(13)5-9/h2-5H,6-7H2,1H3,(H,17,18)(H,14,16,19). The van der Waals surface area contributed by atoms with Crippen LogP contribution in [-0.2, 0) is 14.3 Å². The van der Waals surface area contributed by atoms with Crippen molar-refractivity contribution in [1.82, 2.24) is 5.32 Å². The number of aliphatic carboxylic acids is 1. The monoisotopic (exact) mass is 300 g/mol. The number of carboxylic acids is 1. The molecule has 0 aliphatic rings. The van der Waals surface area contributed by atoms with Crippen LogP contribution in [0.5, 0.6) is 0 Å². The molecule has 0 unspecified atom stereocenters. The highest BCUT2D eigenvalue weighted by Gasteiger charge is 2.16. The van der Waals surface area contributed by atoms with Crippen LogP contribution in [0.1, 0.15) is 0 Å². The molecular formula is C12H13ClN2O5. The van der Waals surface area contributed by atoms with Crippen molar-refractivity contribution in [2.45, 2.75) is 0 Å². The average molecular weight is 301 g/mol. The van der Waals surface area contributed by atoms with E-state index in [0.717, 1.165) is 7.11 Å². The van der Waals surface area contributed by atoms with Crippen molar-refractivity contribution in [3.63, 3.8) is 0 Å². The third kappa shape index (κ3) is 5.15. The van der Waals surface area contributed by atoms with Crippen LogP contribution >= 0.6 is 11.6 Å². The van der Waals surface area contributed by atoms with E-state index in [0.29, 0.717) is 10.7 Å². The van der Waals surface area contributed by atoms with Gasteiger partial charge in [0.25, 0.3) is 0 Å². The number of halogens is 1. The van der Waals surface area contributed by atoms with Crippen molar-refractivity contribution in [2.24, 2.45) is 0 Å². The molecule has 0 fully saturated rings. The topological polar surface area (TPSA) is 95.9 Å². The smallest absolute Gasteiger partial charge is 0.413 e. The van der Waals surface area contributed by atoms with Gasteiger partial charge < -0.3 is 14.7 Å². The summed E-state index contributed by atoms with van der Waals surface area (Å²) in [6.07, 6.45) is -0.906. The van der Waals surface area contributed by atoms with Gasteiger partial charge in [0.2, 0.25) is 5.91 Å². The van der Waals surface area contributed by atoms with Crippen LogP contribution in [0, 0.1) is 0 Å². The lowest BCUT2D eigenvalue weighted by Gasteiger charge is -2.22. The van der Waals surface area contributed by atoms with Gasteiger partial charge in [-0.15, -0.1) is 0 Å². The Balaban J connectivity index is 2.82. The van der Waals surface area contributed by atoms with Crippen molar-refractivity contribution in [3.05, 3.63) is 29.3 Å². The van der Waals surface area contributed by atoms with Crippen LogP contribution in [0.25, 0.3) is 0 Å². The van der Waals surface area contributed by atoms with E-state index in [2.05, 4.69) is 4.74 Å². The SMILES string of the molecule is COC(=O)NC(=O)CN(CC(=O)O)c1cccc(Cl)c1. The van der Waals surface area contributed by atoms with Crippen LogP contribution in [0.3, 0.4) is 0 Å². The van der Waals surface area contributed by atoms with Gasteiger partial charge in [0.1, 0.15) is 6.54 Å². The number of nitrogens with zero attached hydrogens (tertiary/aromatic N) is 1. The number of alkyl carbamates (subject to hydrolysis) is 1. The number of benzene rings is 1. The van der Waals surface area contributed by atoms with Gasteiger partial charge in [0.05, 0.1) is 13.7 Å². The lowest BCUT2D eigenvalue weighted by Crippen LogP contribution is -2.42. The van der Waals surface area contributed by atoms with E-state index in [1.807, 2.05) is 5.32 Å². The molecule has 1 aromatic carbocycles. The van der Waals surface area contributed by atoms with Crippen molar-refractivity contribution >= 4 is 35.3 Å². The lowest BCUT2D eigenvalue weighted by molar-refractivity contribution is -0.135. The number of imide groups is 1. The van der Waals surface area contributed by atoms with Gasteiger partial charge in [0.15, 0.2) is 0 Å². The fourth-order valence-electron chi connectivity index (χ4n) is 1.45. The van der Waals surface area contributed by atoms with Gasteiger partial charge in [-0.25, -0.2) is 4.79 Å². The number of carbonyl (C=O) groups is 3. The molecule has 108 valence electrons. The molecule has 0 aliphatic heterocycles.